The molecule has 0 radical (unpaired) electrons. The van der Waals surface area contributed by atoms with Gasteiger partial charge in [-0.2, -0.15) is 0 Å². The molecule has 1 aliphatic rings. The molecule has 0 aromatic carbocycles. The van der Waals surface area contributed by atoms with E-state index in [4.69, 9.17) is 5.11 Å². The van der Waals surface area contributed by atoms with E-state index in [1.54, 1.807) is 12.1 Å². The number of aromatic carboxylic acids is 1. The van der Waals surface area contributed by atoms with Gasteiger partial charge in [0.1, 0.15) is 5.82 Å². The standard InChI is InChI=1S/C13H18N2O2/c1-8(10-3-4-10)7-14-12-6-11(13(16)17)5-9(2)15-12/h5-6,8,10H,3-4,7H2,1-2H3,(H,14,15)(H,16,17). The van der Waals surface area contributed by atoms with Crippen LogP contribution in [-0.4, -0.2) is 22.6 Å². The van der Waals surface area contributed by atoms with Gasteiger partial charge in [0, 0.05) is 12.2 Å². The molecule has 4 heteroatoms. The zero-order chi connectivity index (χ0) is 12.4. The molecule has 1 saturated carbocycles. The predicted octanol–water partition coefficient (Wildman–Crippen LogP) is 2.55. The lowest BCUT2D eigenvalue weighted by Gasteiger charge is -2.12. The van der Waals surface area contributed by atoms with Gasteiger partial charge in [0.25, 0.3) is 0 Å². The topological polar surface area (TPSA) is 62.2 Å². The van der Waals surface area contributed by atoms with E-state index in [1.807, 2.05) is 6.92 Å². The number of aryl methyl sites for hydroxylation is 1. The van der Waals surface area contributed by atoms with Crippen LogP contribution in [0.2, 0.25) is 0 Å². The quantitative estimate of drug-likeness (QED) is 0.821. The average Bonchev–Trinajstić information content (AvgIpc) is 3.08. The highest BCUT2D eigenvalue weighted by Crippen LogP contribution is 2.36. The van der Waals surface area contributed by atoms with Crippen molar-refractivity contribution in [1.82, 2.24) is 4.98 Å². The summed E-state index contributed by atoms with van der Waals surface area (Å²) in [6.07, 6.45) is 2.65. The van der Waals surface area contributed by atoms with Crippen molar-refractivity contribution in [1.29, 1.82) is 0 Å². The minimum Gasteiger partial charge on any atom is -0.478 e. The number of aromatic nitrogens is 1. The maximum Gasteiger partial charge on any atom is 0.335 e. The molecule has 1 atom stereocenters. The SMILES string of the molecule is Cc1cc(C(=O)O)cc(NCC(C)C2CC2)n1. The molecule has 2 N–H and O–H groups in total. The number of carboxylic acid groups (broad SMARTS) is 1. The predicted molar refractivity (Wildman–Crippen MR) is 66.3 cm³/mol. The number of hydrogen-bond donors (Lipinski definition) is 2. The van der Waals surface area contributed by atoms with E-state index in [1.165, 1.54) is 12.8 Å². The third-order valence-electron chi connectivity index (χ3n) is 3.23. The van der Waals surface area contributed by atoms with Gasteiger partial charge in [-0.25, -0.2) is 9.78 Å². The van der Waals surface area contributed by atoms with E-state index < -0.39 is 5.97 Å². The number of nitrogens with one attached hydrogen (secondary N) is 1. The second kappa shape index (κ2) is 4.73. The summed E-state index contributed by atoms with van der Waals surface area (Å²) in [4.78, 5) is 15.2. The minimum absolute atomic E-state index is 0.291. The molecule has 0 saturated heterocycles. The molecule has 92 valence electrons. The molecular formula is C13H18N2O2. The van der Waals surface area contributed by atoms with Gasteiger partial charge < -0.3 is 10.4 Å². The second-order valence-electron chi connectivity index (χ2n) is 4.88. The summed E-state index contributed by atoms with van der Waals surface area (Å²) in [5.41, 5.74) is 1.02. The highest BCUT2D eigenvalue weighted by Gasteiger charge is 2.27. The van der Waals surface area contributed by atoms with Gasteiger partial charge in [-0.05, 0) is 43.7 Å². The molecule has 4 nitrogen and oxygen atoms in total. The normalized spacial score (nSPS) is 16.6. The van der Waals surface area contributed by atoms with Crippen molar-refractivity contribution in [3.05, 3.63) is 23.4 Å². The van der Waals surface area contributed by atoms with E-state index in [0.717, 1.165) is 18.2 Å². The molecule has 0 bridgehead atoms. The molecule has 0 amide bonds. The van der Waals surface area contributed by atoms with Crippen LogP contribution in [0.4, 0.5) is 5.82 Å². The third-order valence-corrected chi connectivity index (χ3v) is 3.23. The van der Waals surface area contributed by atoms with Crippen LogP contribution in [-0.2, 0) is 0 Å². The Balaban J connectivity index is 2.01. The monoisotopic (exact) mass is 234 g/mol. The van der Waals surface area contributed by atoms with Crippen molar-refractivity contribution in [3.63, 3.8) is 0 Å². The number of anilines is 1. The van der Waals surface area contributed by atoms with Crippen LogP contribution in [0.1, 0.15) is 35.8 Å². The van der Waals surface area contributed by atoms with Crippen LogP contribution >= 0.6 is 0 Å². The molecular weight excluding hydrogens is 216 g/mol. The van der Waals surface area contributed by atoms with Crippen LogP contribution in [0.25, 0.3) is 0 Å². The Bertz CT molecular complexity index is 427. The van der Waals surface area contributed by atoms with Crippen LogP contribution < -0.4 is 5.32 Å². The van der Waals surface area contributed by atoms with E-state index in [-0.39, 0.29) is 0 Å². The summed E-state index contributed by atoms with van der Waals surface area (Å²) in [7, 11) is 0. The van der Waals surface area contributed by atoms with Gasteiger partial charge in [-0.1, -0.05) is 6.92 Å². The Labute approximate surface area is 101 Å². The third kappa shape index (κ3) is 3.19. The molecule has 17 heavy (non-hydrogen) atoms. The molecule has 0 spiro atoms. The van der Waals surface area contributed by atoms with Crippen molar-refractivity contribution in [2.24, 2.45) is 11.8 Å². The first-order valence-corrected chi connectivity index (χ1v) is 6.02. The van der Waals surface area contributed by atoms with E-state index in [0.29, 0.717) is 17.3 Å². The summed E-state index contributed by atoms with van der Waals surface area (Å²) in [5.74, 6) is 1.22. The first-order valence-electron chi connectivity index (χ1n) is 6.02. The maximum atomic E-state index is 10.9. The van der Waals surface area contributed by atoms with Crippen molar-refractivity contribution >= 4 is 11.8 Å². The molecule has 1 aliphatic carbocycles. The highest BCUT2D eigenvalue weighted by molar-refractivity contribution is 5.88. The van der Waals surface area contributed by atoms with E-state index >= 15 is 0 Å². The van der Waals surface area contributed by atoms with Gasteiger partial charge in [0.2, 0.25) is 0 Å². The van der Waals surface area contributed by atoms with Gasteiger partial charge in [0.15, 0.2) is 0 Å². The Morgan fingerprint density at radius 2 is 2.29 bits per heavy atom. The average molecular weight is 234 g/mol. The van der Waals surface area contributed by atoms with Crippen molar-refractivity contribution in [2.75, 3.05) is 11.9 Å². The summed E-state index contributed by atoms with van der Waals surface area (Å²) < 4.78 is 0. The Hall–Kier alpha value is -1.58. The lowest BCUT2D eigenvalue weighted by atomic mass is 10.1. The van der Waals surface area contributed by atoms with Crippen molar-refractivity contribution < 1.29 is 9.90 Å². The summed E-state index contributed by atoms with van der Waals surface area (Å²) in [5, 5.41) is 12.2. The van der Waals surface area contributed by atoms with E-state index in [2.05, 4.69) is 17.2 Å². The summed E-state index contributed by atoms with van der Waals surface area (Å²) in [6.45, 7) is 4.89. The molecule has 1 fully saturated rings. The fourth-order valence-electron chi connectivity index (χ4n) is 1.98. The largest absolute Gasteiger partial charge is 0.478 e. The fourth-order valence-corrected chi connectivity index (χ4v) is 1.98. The number of carboxylic acids is 1. The molecule has 2 rings (SSSR count). The van der Waals surface area contributed by atoms with Gasteiger partial charge in [-0.15, -0.1) is 0 Å². The molecule has 1 unspecified atom stereocenters. The maximum absolute atomic E-state index is 10.9. The molecule has 0 aliphatic heterocycles. The lowest BCUT2D eigenvalue weighted by Crippen LogP contribution is -2.14. The lowest BCUT2D eigenvalue weighted by molar-refractivity contribution is 0.0696. The Morgan fingerprint density at radius 1 is 1.59 bits per heavy atom. The number of pyridine rings is 1. The Morgan fingerprint density at radius 3 is 2.88 bits per heavy atom. The first-order chi connectivity index (χ1) is 8.06. The molecule has 1 heterocycles. The van der Waals surface area contributed by atoms with Crippen LogP contribution in [0, 0.1) is 18.8 Å². The number of hydrogen-bond acceptors (Lipinski definition) is 3. The van der Waals surface area contributed by atoms with Gasteiger partial charge in [-0.3, -0.25) is 0 Å². The van der Waals surface area contributed by atoms with Crippen molar-refractivity contribution in [2.45, 2.75) is 26.7 Å². The van der Waals surface area contributed by atoms with Crippen LogP contribution in [0.15, 0.2) is 12.1 Å². The van der Waals surface area contributed by atoms with Crippen LogP contribution in [0.5, 0.6) is 0 Å². The van der Waals surface area contributed by atoms with Crippen LogP contribution in [0.3, 0.4) is 0 Å². The number of nitrogens with zero attached hydrogens (tertiary/aromatic N) is 1. The molecule has 1 aromatic heterocycles. The first kappa shape index (κ1) is 11.9. The Kier molecular flexibility index (Phi) is 3.31. The zero-order valence-corrected chi connectivity index (χ0v) is 10.2. The summed E-state index contributed by atoms with van der Waals surface area (Å²) >= 11 is 0. The number of carbonyl (C=O) groups is 1. The highest BCUT2D eigenvalue weighted by atomic mass is 16.4. The minimum atomic E-state index is -0.909. The second-order valence-corrected chi connectivity index (χ2v) is 4.88. The van der Waals surface area contributed by atoms with Gasteiger partial charge >= 0.3 is 5.97 Å². The molecule has 1 aromatic rings. The number of rotatable bonds is 5. The van der Waals surface area contributed by atoms with Gasteiger partial charge in [0.05, 0.1) is 5.56 Å². The smallest absolute Gasteiger partial charge is 0.335 e. The summed E-state index contributed by atoms with van der Waals surface area (Å²) in [6, 6.07) is 3.17. The fraction of sp³-hybridized carbons (Fsp3) is 0.538. The van der Waals surface area contributed by atoms with E-state index in [9.17, 15) is 4.79 Å². The van der Waals surface area contributed by atoms with Crippen molar-refractivity contribution in [3.8, 4) is 0 Å². The zero-order valence-electron chi connectivity index (χ0n) is 10.2.